The standard InChI is InChI=1S/C11H12ClNO2/c12-8-2-1-3-9-11(8)7(6-13-9)4-5-10(14)15/h1-3,7,13H,4-6H2,(H,14,15). The van der Waals surface area contributed by atoms with Crippen molar-refractivity contribution in [2.24, 2.45) is 0 Å². The van der Waals surface area contributed by atoms with Crippen LogP contribution in [0.5, 0.6) is 0 Å². The van der Waals surface area contributed by atoms with Crippen LogP contribution < -0.4 is 5.32 Å². The second-order valence-corrected chi connectivity index (χ2v) is 4.12. The largest absolute Gasteiger partial charge is 0.481 e. The molecule has 1 aliphatic heterocycles. The lowest BCUT2D eigenvalue weighted by atomic mass is 9.96. The van der Waals surface area contributed by atoms with Gasteiger partial charge in [-0.15, -0.1) is 0 Å². The molecule has 1 aromatic carbocycles. The van der Waals surface area contributed by atoms with Crippen molar-refractivity contribution in [1.29, 1.82) is 0 Å². The van der Waals surface area contributed by atoms with Crippen LogP contribution in [0.15, 0.2) is 18.2 Å². The van der Waals surface area contributed by atoms with Crippen molar-refractivity contribution in [2.45, 2.75) is 18.8 Å². The van der Waals surface area contributed by atoms with Crippen molar-refractivity contribution in [3.8, 4) is 0 Å². The Balaban J connectivity index is 2.17. The molecular weight excluding hydrogens is 214 g/mol. The molecule has 1 aromatic rings. The van der Waals surface area contributed by atoms with Crippen LogP contribution >= 0.6 is 11.6 Å². The number of rotatable bonds is 3. The third-order valence-corrected chi connectivity index (χ3v) is 3.04. The number of carbonyl (C=O) groups is 1. The molecule has 80 valence electrons. The first-order valence-electron chi connectivity index (χ1n) is 4.92. The summed E-state index contributed by atoms with van der Waals surface area (Å²) < 4.78 is 0. The minimum absolute atomic E-state index is 0.191. The quantitative estimate of drug-likeness (QED) is 0.832. The van der Waals surface area contributed by atoms with Crippen LogP contribution in [0.25, 0.3) is 0 Å². The Kier molecular flexibility index (Phi) is 2.82. The molecule has 1 aliphatic rings. The zero-order valence-electron chi connectivity index (χ0n) is 8.16. The molecule has 0 radical (unpaired) electrons. The lowest BCUT2D eigenvalue weighted by molar-refractivity contribution is -0.137. The van der Waals surface area contributed by atoms with Crippen LogP contribution in [-0.2, 0) is 4.79 Å². The van der Waals surface area contributed by atoms with Gasteiger partial charge in [0, 0.05) is 29.6 Å². The highest BCUT2D eigenvalue weighted by molar-refractivity contribution is 6.32. The molecule has 2 N–H and O–H groups in total. The molecule has 2 rings (SSSR count). The van der Waals surface area contributed by atoms with E-state index in [0.717, 1.165) is 22.8 Å². The monoisotopic (exact) mass is 225 g/mol. The van der Waals surface area contributed by atoms with Gasteiger partial charge >= 0.3 is 5.97 Å². The van der Waals surface area contributed by atoms with Gasteiger partial charge < -0.3 is 10.4 Å². The van der Waals surface area contributed by atoms with Gasteiger partial charge in [0.25, 0.3) is 0 Å². The van der Waals surface area contributed by atoms with Crippen LogP contribution in [0.2, 0.25) is 5.02 Å². The van der Waals surface area contributed by atoms with Crippen molar-refractivity contribution >= 4 is 23.3 Å². The Morgan fingerprint density at radius 1 is 1.60 bits per heavy atom. The number of halogens is 1. The van der Waals surface area contributed by atoms with E-state index in [1.165, 1.54) is 0 Å². The summed E-state index contributed by atoms with van der Waals surface area (Å²) in [6, 6.07) is 5.72. The first-order chi connectivity index (χ1) is 7.18. The summed E-state index contributed by atoms with van der Waals surface area (Å²) in [4.78, 5) is 10.5. The van der Waals surface area contributed by atoms with Gasteiger partial charge in [-0.2, -0.15) is 0 Å². The van der Waals surface area contributed by atoms with E-state index in [1.54, 1.807) is 0 Å². The number of benzene rings is 1. The number of fused-ring (bicyclic) bond motifs is 1. The second kappa shape index (κ2) is 4.11. The van der Waals surface area contributed by atoms with Crippen molar-refractivity contribution < 1.29 is 9.90 Å². The Morgan fingerprint density at radius 3 is 3.13 bits per heavy atom. The number of carboxylic acid groups (broad SMARTS) is 1. The predicted octanol–water partition coefficient (Wildman–Crippen LogP) is 2.71. The van der Waals surface area contributed by atoms with Gasteiger partial charge in [-0.3, -0.25) is 4.79 Å². The zero-order valence-corrected chi connectivity index (χ0v) is 8.92. The number of hydrogen-bond donors (Lipinski definition) is 2. The van der Waals surface area contributed by atoms with E-state index in [-0.39, 0.29) is 12.3 Å². The van der Waals surface area contributed by atoms with Crippen LogP contribution in [0.1, 0.15) is 24.3 Å². The number of nitrogens with one attached hydrogen (secondary N) is 1. The fourth-order valence-electron chi connectivity index (χ4n) is 1.99. The highest BCUT2D eigenvalue weighted by Crippen LogP contribution is 2.38. The molecule has 0 saturated carbocycles. The van der Waals surface area contributed by atoms with Crippen molar-refractivity contribution in [1.82, 2.24) is 0 Å². The van der Waals surface area contributed by atoms with E-state index < -0.39 is 5.97 Å². The average Bonchev–Trinajstić information content (AvgIpc) is 2.59. The maximum absolute atomic E-state index is 10.5. The molecule has 1 unspecified atom stereocenters. The molecule has 15 heavy (non-hydrogen) atoms. The van der Waals surface area contributed by atoms with Gasteiger partial charge in [0.1, 0.15) is 0 Å². The summed E-state index contributed by atoms with van der Waals surface area (Å²) >= 11 is 6.09. The van der Waals surface area contributed by atoms with Crippen molar-refractivity contribution in [3.63, 3.8) is 0 Å². The van der Waals surface area contributed by atoms with E-state index in [4.69, 9.17) is 16.7 Å². The van der Waals surface area contributed by atoms with E-state index in [2.05, 4.69) is 5.32 Å². The molecule has 0 spiro atoms. The number of hydrogen-bond acceptors (Lipinski definition) is 2. The number of aliphatic carboxylic acids is 1. The molecular formula is C11H12ClNO2. The molecule has 0 aromatic heterocycles. The van der Waals surface area contributed by atoms with E-state index in [1.807, 2.05) is 18.2 Å². The SMILES string of the molecule is O=C(O)CCC1CNc2cccc(Cl)c21. The summed E-state index contributed by atoms with van der Waals surface area (Å²) in [5, 5.41) is 12.6. The van der Waals surface area contributed by atoms with Gasteiger partial charge in [0.05, 0.1) is 0 Å². The summed E-state index contributed by atoms with van der Waals surface area (Å²) in [6.45, 7) is 0.784. The zero-order chi connectivity index (χ0) is 10.8. The van der Waals surface area contributed by atoms with Crippen molar-refractivity contribution in [3.05, 3.63) is 28.8 Å². The van der Waals surface area contributed by atoms with Crippen LogP contribution in [-0.4, -0.2) is 17.6 Å². The summed E-state index contributed by atoms with van der Waals surface area (Å²) in [5.74, 6) is -0.527. The van der Waals surface area contributed by atoms with E-state index in [9.17, 15) is 4.79 Å². The summed E-state index contributed by atoms with van der Waals surface area (Å²) in [5.41, 5.74) is 2.11. The molecule has 4 heteroatoms. The fourth-order valence-corrected chi connectivity index (χ4v) is 2.31. The maximum Gasteiger partial charge on any atom is 0.303 e. The Bertz CT molecular complexity index is 392. The molecule has 0 bridgehead atoms. The summed E-state index contributed by atoms with van der Waals surface area (Å²) in [6.07, 6.45) is 0.829. The highest BCUT2D eigenvalue weighted by atomic mass is 35.5. The minimum atomic E-state index is -0.754. The molecule has 3 nitrogen and oxygen atoms in total. The van der Waals surface area contributed by atoms with E-state index in [0.29, 0.717) is 6.42 Å². The van der Waals surface area contributed by atoms with Gasteiger partial charge in [-0.05, 0) is 24.1 Å². The van der Waals surface area contributed by atoms with Gasteiger partial charge in [0.2, 0.25) is 0 Å². The molecule has 1 heterocycles. The molecule has 0 saturated heterocycles. The molecule has 0 aliphatic carbocycles. The first kappa shape index (κ1) is 10.3. The van der Waals surface area contributed by atoms with Gasteiger partial charge in [-0.25, -0.2) is 0 Å². The Labute approximate surface area is 93.1 Å². The smallest absolute Gasteiger partial charge is 0.303 e. The molecule has 1 atom stereocenters. The van der Waals surface area contributed by atoms with Crippen LogP contribution in [0.4, 0.5) is 5.69 Å². The fraction of sp³-hybridized carbons (Fsp3) is 0.364. The molecule has 0 fully saturated rings. The highest BCUT2D eigenvalue weighted by Gasteiger charge is 2.24. The maximum atomic E-state index is 10.5. The first-order valence-corrected chi connectivity index (χ1v) is 5.30. The van der Waals surface area contributed by atoms with Gasteiger partial charge in [-0.1, -0.05) is 17.7 Å². The Morgan fingerprint density at radius 2 is 2.40 bits per heavy atom. The van der Waals surface area contributed by atoms with Crippen LogP contribution in [0, 0.1) is 0 Å². The number of carboxylic acids is 1. The van der Waals surface area contributed by atoms with Crippen LogP contribution in [0.3, 0.4) is 0 Å². The third kappa shape index (κ3) is 2.07. The lowest BCUT2D eigenvalue weighted by Gasteiger charge is -2.09. The second-order valence-electron chi connectivity index (χ2n) is 3.71. The predicted molar refractivity (Wildman–Crippen MR) is 59.6 cm³/mol. The normalized spacial score (nSPS) is 18.3. The average molecular weight is 226 g/mol. The number of anilines is 1. The Hall–Kier alpha value is -1.22. The lowest BCUT2D eigenvalue weighted by Crippen LogP contribution is -2.05. The van der Waals surface area contributed by atoms with Gasteiger partial charge in [0.15, 0.2) is 0 Å². The van der Waals surface area contributed by atoms with E-state index >= 15 is 0 Å². The van der Waals surface area contributed by atoms with Crippen molar-refractivity contribution in [2.75, 3.05) is 11.9 Å². The summed E-state index contributed by atoms with van der Waals surface area (Å²) in [7, 11) is 0. The minimum Gasteiger partial charge on any atom is -0.481 e. The molecule has 0 amide bonds. The topological polar surface area (TPSA) is 49.3 Å². The third-order valence-electron chi connectivity index (χ3n) is 2.71.